The first-order chi connectivity index (χ1) is 29.7. The summed E-state index contributed by atoms with van der Waals surface area (Å²) in [5.41, 5.74) is 7.39. The molecular weight excluding hydrogens is 803 g/mol. The minimum absolute atomic E-state index is 0.00889. The van der Waals surface area contributed by atoms with Gasteiger partial charge in [0.15, 0.2) is 5.78 Å². The molecule has 4 atom stereocenters. The predicted molar refractivity (Wildman–Crippen MR) is 249 cm³/mol. The number of carbonyl (C=O) groups is 7. The number of Topliss-reactive ketones (excluding diaryl/α,β-unsaturated/α-hetero) is 2. The van der Waals surface area contributed by atoms with Crippen LogP contribution in [0.4, 0.5) is 0 Å². The number of hydrogen-bond acceptors (Lipinski definition) is 10. The fraction of sp³-hybridized carbons (Fsp3) is 0.571. The summed E-state index contributed by atoms with van der Waals surface area (Å²) in [4.78, 5) is 86.6. The van der Waals surface area contributed by atoms with Crippen molar-refractivity contribution in [1.29, 1.82) is 0 Å². The molecule has 14 heteroatoms. The first-order valence-corrected chi connectivity index (χ1v) is 22.2. The van der Waals surface area contributed by atoms with E-state index in [0.717, 1.165) is 67.9 Å². The molecule has 2 aromatic rings. The Hall–Kier alpha value is -5.21. The highest BCUT2D eigenvalue weighted by molar-refractivity contribution is 6.36. The van der Waals surface area contributed by atoms with E-state index in [-0.39, 0.29) is 41.2 Å². The Morgan fingerprint density at radius 1 is 0.905 bits per heavy atom. The Morgan fingerprint density at radius 3 is 1.94 bits per heavy atom. The predicted octanol–water partition coefficient (Wildman–Crippen LogP) is 6.79. The third-order valence-electron chi connectivity index (χ3n) is 10.0. The van der Waals surface area contributed by atoms with E-state index in [4.69, 9.17) is 5.11 Å². The van der Waals surface area contributed by atoms with Gasteiger partial charge in [-0.05, 0) is 104 Å². The van der Waals surface area contributed by atoms with Crippen LogP contribution in [0.2, 0.25) is 0 Å². The van der Waals surface area contributed by atoms with Crippen molar-refractivity contribution in [2.45, 2.75) is 151 Å². The molecule has 4 rings (SSSR count). The Morgan fingerprint density at radius 2 is 1.44 bits per heavy atom. The second-order valence-corrected chi connectivity index (χ2v) is 16.7. The van der Waals surface area contributed by atoms with E-state index >= 15 is 0 Å². The van der Waals surface area contributed by atoms with Gasteiger partial charge in [0.2, 0.25) is 11.7 Å². The second kappa shape index (κ2) is 30.0. The van der Waals surface area contributed by atoms with Gasteiger partial charge in [-0.15, -0.1) is 0 Å². The van der Waals surface area contributed by atoms with Crippen LogP contribution in [0.1, 0.15) is 157 Å². The topological polar surface area (TPSA) is 225 Å². The van der Waals surface area contributed by atoms with Gasteiger partial charge in [0.25, 0.3) is 11.8 Å². The molecule has 63 heavy (non-hydrogen) atoms. The molecule has 2 aromatic carbocycles. The summed E-state index contributed by atoms with van der Waals surface area (Å²) in [6, 6.07) is 10.2. The van der Waals surface area contributed by atoms with E-state index in [1.54, 1.807) is 44.7 Å². The maximum absolute atomic E-state index is 13.4. The third-order valence-corrected chi connectivity index (χ3v) is 10.0. The molecule has 7 N–H and O–H groups in total. The van der Waals surface area contributed by atoms with Crippen LogP contribution in [-0.4, -0.2) is 94.5 Å². The van der Waals surface area contributed by atoms with Crippen LogP contribution in [0, 0.1) is 25.7 Å². The molecule has 3 amide bonds. The number of aromatic carboxylic acids is 1. The SMILES string of the molecule is C=C(CNC(=O)C(=O)C(C)CCC)NC(C=O)c1cc(C)cc(C)c1.CC.CC(=O)C1CCCN1C(=O)C(NC(=O)c1ccccc1C(=O)O)C1CCCCC1.CC(C)(C)O.CN. The van der Waals surface area contributed by atoms with Crippen molar-refractivity contribution in [2.24, 2.45) is 17.6 Å². The van der Waals surface area contributed by atoms with Crippen molar-refractivity contribution < 1.29 is 43.8 Å². The Labute approximate surface area is 376 Å². The van der Waals surface area contributed by atoms with E-state index in [1.165, 1.54) is 26.1 Å². The lowest BCUT2D eigenvalue weighted by molar-refractivity contribution is -0.140. The van der Waals surface area contributed by atoms with Crippen LogP contribution in [-0.2, 0) is 24.0 Å². The molecule has 0 spiro atoms. The first kappa shape index (κ1) is 57.8. The molecule has 14 nitrogen and oxygen atoms in total. The van der Waals surface area contributed by atoms with Crippen molar-refractivity contribution in [3.63, 3.8) is 0 Å². The van der Waals surface area contributed by atoms with Crippen LogP contribution in [0.5, 0.6) is 0 Å². The minimum Gasteiger partial charge on any atom is -0.478 e. The lowest BCUT2D eigenvalue weighted by atomic mass is 9.83. The molecular formula is C49H77N5O9. The van der Waals surface area contributed by atoms with Gasteiger partial charge in [-0.1, -0.05) is 101 Å². The zero-order valence-electron chi connectivity index (χ0n) is 39.8. The number of aryl methyl sites for hydroxylation is 2. The number of rotatable bonds is 16. The number of carboxylic acid groups (broad SMARTS) is 1. The number of ketones is 2. The van der Waals surface area contributed by atoms with Gasteiger partial charge < -0.3 is 41.6 Å². The highest BCUT2D eigenvalue weighted by Crippen LogP contribution is 2.30. The van der Waals surface area contributed by atoms with E-state index in [9.17, 15) is 38.7 Å². The van der Waals surface area contributed by atoms with Gasteiger partial charge in [0.1, 0.15) is 18.4 Å². The minimum atomic E-state index is -1.19. The van der Waals surface area contributed by atoms with Gasteiger partial charge in [-0.25, -0.2) is 4.79 Å². The molecule has 1 aliphatic carbocycles. The fourth-order valence-corrected chi connectivity index (χ4v) is 7.29. The number of carbonyl (C=O) groups excluding carboxylic acids is 6. The lowest BCUT2D eigenvalue weighted by Crippen LogP contribution is -2.54. The molecule has 1 heterocycles. The maximum Gasteiger partial charge on any atom is 0.336 e. The molecule has 2 fully saturated rings. The molecule has 0 aromatic heterocycles. The number of aliphatic hydroxyl groups is 1. The van der Waals surface area contributed by atoms with Gasteiger partial charge >= 0.3 is 5.97 Å². The summed E-state index contributed by atoms with van der Waals surface area (Å²) in [7, 11) is 1.50. The van der Waals surface area contributed by atoms with Gasteiger partial charge in [-0.2, -0.15) is 0 Å². The average molecular weight is 880 g/mol. The zero-order chi connectivity index (χ0) is 48.4. The Kier molecular flexibility index (Phi) is 27.5. The fourth-order valence-electron chi connectivity index (χ4n) is 7.29. The largest absolute Gasteiger partial charge is 0.478 e. The number of amides is 3. The Bertz CT molecular complexity index is 1770. The number of benzene rings is 2. The van der Waals surface area contributed by atoms with E-state index < -0.39 is 47.3 Å². The van der Waals surface area contributed by atoms with Gasteiger partial charge in [-0.3, -0.25) is 24.0 Å². The van der Waals surface area contributed by atoms with Crippen LogP contribution < -0.4 is 21.7 Å². The number of hydrogen-bond donors (Lipinski definition) is 6. The molecule has 0 radical (unpaired) electrons. The standard InChI is InChI=1S/C22H28N2O5.C20H28N2O3.C4H10O.C2H6.CH5N/c1-14(25)18-12-7-13-24(18)21(27)19(15-8-3-2-4-9-15)23-20(26)16-10-5-6-11-17(16)22(28)29;1-6-7-15(4)19(24)20(25)21-11-16(5)22-18(12-23)17-9-13(2)8-14(3)10-17;1-4(2,3)5;2*1-2/h5-6,10-11,15,18-19H,2-4,7-9,12-13H2,1H3,(H,23,26)(H,28,29);8-10,12,15,18,22H,5-7,11H2,1-4H3,(H,21,25);5H,1-3H3;1-2H3;2H2,1H3. The molecule has 1 saturated carbocycles. The number of nitrogens with zero attached hydrogens (tertiary/aromatic N) is 1. The van der Waals surface area contributed by atoms with Crippen molar-refractivity contribution in [3.8, 4) is 0 Å². The lowest BCUT2D eigenvalue weighted by Gasteiger charge is -2.34. The van der Waals surface area contributed by atoms with E-state index in [2.05, 4.69) is 28.3 Å². The van der Waals surface area contributed by atoms with Gasteiger partial charge in [0.05, 0.1) is 29.3 Å². The third kappa shape index (κ3) is 21.1. The summed E-state index contributed by atoms with van der Waals surface area (Å²) in [5.74, 6) is -3.35. The highest BCUT2D eigenvalue weighted by atomic mass is 16.4. The van der Waals surface area contributed by atoms with Crippen molar-refractivity contribution >= 4 is 41.5 Å². The molecule has 2 aliphatic rings. The van der Waals surface area contributed by atoms with Crippen LogP contribution in [0.15, 0.2) is 54.7 Å². The van der Waals surface area contributed by atoms with Crippen molar-refractivity contribution in [3.05, 3.63) is 82.6 Å². The second-order valence-electron chi connectivity index (χ2n) is 16.7. The van der Waals surface area contributed by atoms with Crippen LogP contribution in [0.25, 0.3) is 0 Å². The number of nitrogens with one attached hydrogen (secondary N) is 3. The molecule has 0 bridgehead atoms. The summed E-state index contributed by atoms with van der Waals surface area (Å²) < 4.78 is 0. The average Bonchev–Trinajstić information content (AvgIpc) is 3.75. The zero-order valence-corrected chi connectivity index (χ0v) is 39.8. The monoisotopic (exact) mass is 880 g/mol. The Balaban J connectivity index is 0.00000104. The molecule has 4 unspecified atom stereocenters. The van der Waals surface area contributed by atoms with Crippen LogP contribution in [0.3, 0.4) is 0 Å². The summed E-state index contributed by atoms with van der Waals surface area (Å²) in [6.07, 6.45) is 8.50. The number of nitrogens with two attached hydrogens (primary N) is 1. The number of aldehydes is 1. The smallest absolute Gasteiger partial charge is 0.336 e. The van der Waals surface area contributed by atoms with Crippen molar-refractivity contribution in [1.82, 2.24) is 20.9 Å². The number of carboxylic acids is 1. The quantitative estimate of drug-likeness (QED) is 0.0761. The van der Waals surface area contributed by atoms with E-state index in [1.807, 2.05) is 52.8 Å². The highest BCUT2D eigenvalue weighted by Gasteiger charge is 2.40. The maximum atomic E-state index is 13.4. The summed E-state index contributed by atoms with van der Waals surface area (Å²) in [6.45, 7) is 22.8. The molecule has 1 saturated heterocycles. The summed E-state index contributed by atoms with van der Waals surface area (Å²) >= 11 is 0. The molecule has 1 aliphatic heterocycles. The molecule has 352 valence electrons. The van der Waals surface area contributed by atoms with Crippen LogP contribution >= 0.6 is 0 Å². The number of likely N-dealkylation sites (tertiary alicyclic amines) is 1. The van der Waals surface area contributed by atoms with E-state index in [0.29, 0.717) is 25.1 Å². The van der Waals surface area contributed by atoms with Gasteiger partial charge in [0, 0.05) is 18.2 Å². The normalized spacial score (nSPS) is 15.8. The summed E-state index contributed by atoms with van der Waals surface area (Å²) in [5, 5.41) is 26.3. The first-order valence-electron chi connectivity index (χ1n) is 22.2. The van der Waals surface area contributed by atoms with Crippen molar-refractivity contribution in [2.75, 3.05) is 20.1 Å².